The molecule has 1 aromatic heterocycles. The third kappa shape index (κ3) is 3.96. The second-order valence-electron chi connectivity index (χ2n) is 10.1. The average molecular weight is 435 g/mol. The molecule has 6 nitrogen and oxygen atoms in total. The first-order chi connectivity index (χ1) is 15.5. The number of aryl methyl sites for hydroxylation is 1. The van der Waals surface area contributed by atoms with E-state index in [1.165, 1.54) is 12.8 Å². The standard InChI is InChI=1S/C26H34N4O2/c1-18-9-7-8-10-20(18)16-29-24(31)23-15-22(19-13-14-19)28-30(23)17-26(29,2)25(32)27-21-11-5-3-4-6-12-21/h7-10,15,19,21H,3-6,11-14,16-17H2,1-2H3,(H,27,32). The van der Waals surface area contributed by atoms with Crippen LogP contribution in [-0.2, 0) is 17.9 Å². The first kappa shape index (κ1) is 21.2. The van der Waals surface area contributed by atoms with E-state index in [-0.39, 0.29) is 17.9 Å². The van der Waals surface area contributed by atoms with Gasteiger partial charge in [0.2, 0.25) is 5.91 Å². The van der Waals surface area contributed by atoms with Crippen LogP contribution in [-0.4, -0.2) is 38.1 Å². The molecule has 2 fully saturated rings. The number of hydrogen-bond acceptors (Lipinski definition) is 3. The van der Waals surface area contributed by atoms with E-state index in [4.69, 9.17) is 5.10 Å². The lowest BCUT2D eigenvalue weighted by molar-refractivity contribution is -0.134. The summed E-state index contributed by atoms with van der Waals surface area (Å²) in [5, 5.41) is 8.07. The normalized spacial score (nSPS) is 24.2. The molecule has 32 heavy (non-hydrogen) atoms. The van der Waals surface area contributed by atoms with E-state index in [0.29, 0.717) is 24.7 Å². The lowest BCUT2D eigenvalue weighted by Crippen LogP contribution is -2.64. The van der Waals surface area contributed by atoms with Crippen LogP contribution in [0.15, 0.2) is 30.3 Å². The first-order valence-electron chi connectivity index (χ1n) is 12.2. The molecule has 2 amide bonds. The van der Waals surface area contributed by atoms with Gasteiger partial charge in [0.1, 0.15) is 11.2 Å². The zero-order valence-electron chi connectivity index (χ0n) is 19.3. The topological polar surface area (TPSA) is 67.2 Å². The Morgan fingerprint density at radius 2 is 1.84 bits per heavy atom. The van der Waals surface area contributed by atoms with Crippen molar-refractivity contribution in [2.45, 2.75) is 95.8 Å². The van der Waals surface area contributed by atoms with E-state index in [9.17, 15) is 9.59 Å². The number of amides is 2. The van der Waals surface area contributed by atoms with Crippen molar-refractivity contribution in [2.24, 2.45) is 0 Å². The summed E-state index contributed by atoms with van der Waals surface area (Å²) in [4.78, 5) is 29.3. The molecule has 0 spiro atoms. The predicted octanol–water partition coefficient (Wildman–Crippen LogP) is 4.32. The van der Waals surface area contributed by atoms with Crippen LogP contribution in [0.3, 0.4) is 0 Å². The number of fused-ring (bicyclic) bond motifs is 1. The Bertz CT molecular complexity index is 1020. The van der Waals surface area contributed by atoms with Crippen molar-refractivity contribution in [3.63, 3.8) is 0 Å². The van der Waals surface area contributed by atoms with Gasteiger partial charge in [0.05, 0.1) is 12.2 Å². The number of aromatic nitrogens is 2. The van der Waals surface area contributed by atoms with Crippen LogP contribution in [0.2, 0.25) is 0 Å². The molecule has 2 heterocycles. The molecule has 2 aliphatic carbocycles. The van der Waals surface area contributed by atoms with Crippen molar-refractivity contribution < 1.29 is 9.59 Å². The summed E-state index contributed by atoms with van der Waals surface area (Å²) < 4.78 is 1.79. The van der Waals surface area contributed by atoms with E-state index in [2.05, 4.69) is 18.3 Å². The van der Waals surface area contributed by atoms with Gasteiger partial charge in [0.15, 0.2) is 0 Å². The maximum Gasteiger partial charge on any atom is 0.273 e. The molecular weight excluding hydrogens is 400 g/mol. The smallest absolute Gasteiger partial charge is 0.273 e. The number of hydrogen-bond donors (Lipinski definition) is 1. The van der Waals surface area contributed by atoms with Gasteiger partial charge in [-0.2, -0.15) is 5.10 Å². The van der Waals surface area contributed by atoms with Crippen molar-refractivity contribution in [3.05, 3.63) is 52.8 Å². The Morgan fingerprint density at radius 3 is 2.53 bits per heavy atom. The Hall–Kier alpha value is -2.63. The highest BCUT2D eigenvalue weighted by atomic mass is 16.2. The zero-order chi connectivity index (χ0) is 22.3. The Morgan fingerprint density at radius 1 is 1.12 bits per heavy atom. The minimum atomic E-state index is -0.981. The number of carbonyl (C=O) groups excluding carboxylic acids is 2. The molecule has 1 N–H and O–H groups in total. The maximum atomic E-state index is 13.7. The highest BCUT2D eigenvalue weighted by molar-refractivity contribution is 5.99. The Balaban J connectivity index is 1.48. The number of nitrogens with one attached hydrogen (secondary N) is 1. The molecule has 0 bridgehead atoms. The van der Waals surface area contributed by atoms with Crippen LogP contribution in [0.4, 0.5) is 0 Å². The molecule has 1 aliphatic heterocycles. The molecular formula is C26H34N4O2. The van der Waals surface area contributed by atoms with Crippen molar-refractivity contribution in [1.82, 2.24) is 20.0 Å². The Kier molecular flexibility index (Phi) is 5.56. The second kappa shape index (κ2) is 8.38. The number of rotatable bonds is 5. The summed E-state index contributed by atoms with van der Waals surface area (Å²) in [5.74, 6) is 0.315. The van der Waals surface area contributed by atoms with Gasteiger partial charge in [0.25, 0.3) is 5.91 Å². The van der Waals surface area contributed by atoms with E-state index >= 15 is 0 Å². The molecule has 0 saturated heterocycles. The summed E-state index contributed by atoms with van der Waals surface area (Å²) >= 11 is 0. The first-order valence-corrected chi connectivity index (χ1v) is 12.2. The zero-order valence-corrected chi connectivity index (χ0v) is 19.3. The van der Waals surface area contributed by atoms with Crippen LogP contribution in [0, 0.1) is 6.92 Å². The third-order valence-electron chi connectivity index (χ3n) is 7.58. The summed E-state index contributed by atoms with van der Waals surface area (Å²) in [5.41, 5.74) is 2.83. The summed E-state index contributed by atoms with van der Waals surface area (Å²) in [6.45, 7) is 4.79. The maximum absolute atomic E-state index is 13.7. The lowest BCUT2D eigenvalue weighted by atomic mass is 9.92. The van der Waals surface area contributed by atoms with Crippen molar-refractivity contribution >= 4 is 11.8 Å². The molecule has 3 aliphatic rings. The quantitative estimate of drug-likeness (QED) is 0.713. The van der Waals surface area contributed by atoms with E-state index in [0.717, 1.165) is 55.3 Å². The molecule has 2 aromatic rings. The molecule has 2 saturated carbocycles. The molecule has 1 unspecified atom stereocenters. The molecule has 1 aromatic carbocycles. The van der Waals surface area contributed by atoms with Gasteiger partial charge < -0.3 is 10.2 Å². The summed E-state index contributed by atoms with van der Waals surface area (Å²) in [6, 6.07) is 10.3. The third-order valence-corrected chi connectivity index (χ3v) is 7.58. The summed E-state index contributed by atoms with van der Waals surface area (Å²) in [7, 11) is 0. The highest BCUT2D eigenvalue weighted by Crippen LogP contribution is 2.41. The number of benzene rings is 1. The number of nitrogens with zero attached hydrogens (tertiary/aromatic N) is 3. The largest absolute Gasteiger partial charge is 0.351 e. The van der Waals surface area contributed by atoms with E-state index in [1.54, 1.807) is 9.58 Å². The van der Waals surface area contributed by atoms with Crippen molar-refractivity contribution in [3.8, 4) is 0 Å². The van der Waals surface area contributed by atoms with Crippen LogP contribution in [0.5, 0.6) is 0 Å². The van der Waals surface area contributed by atoms with Crippen molar-refractivity contribution in [2.75, 3.05) is 0 Å². The average Bonchev–Trinajstić information content (AvgIpc) is 3.58. The number of carbonyl (C=O) groups is 2. The molecule has 5 rings (SSSR count). The van der Waals surface area contributed by atoms with Crippen LogP contribution in [0.1, 0.15) is 91.5 Å². The van der Waals surface area contributed by atoms with Crippen LogP contribution >= 0.6 is 0 Å². The van der Waals surface area contributed by atoms with Crippen LogP contribution in [0.25, 0.3) is 0 Å². The monoisotopic (exact) mass is 434 g/mol. The molecule has 0 radical (unpaired) electrons. The van der Waals surface area contributed by atoms with Gasteiger partial charge in [-0.25, -0.2) is 0 Å². The lowest BCUT2D eigenvalue weighted by Gasteiger charge is -2.44. The van der Waals surface area contributed by atoms with Gasteiger partial charge in [-0.1, -0.05) is 49.9 Å². The van der Waals surface area contributed by atoms with Gasteiger partial charge >= 0.3 is 0 Å². The SMILES string of the molecule is Cc1ccccc1CN1C(=O)c2cc(C3CC3)nn2CC1(C)C(=O)NC1CCCCCC1. The minimum absolute atomic E-state index is 0.0551. The molecule has 170 valence electrons. The summed E-state index contributed by atoms with van der Waals surface area (Å²) in [6.07, 6.45) is 9.10. The minimum Gasteiger partial charge on any atom is -0.351 e. The van der Waals surface area contributed by atoms with E-state index in [1.807, 2.05) is 31.2 Å². The van der Waals surface area contributed by atoms with Gasteiger partial charge in [-0.15, -0.1) is 0 Å². The fourth-order valence-corrected chi connectivity index (χ4v) is 5.21. The van der Waals surface area contributed by atoms with Gasteiger partial charge in [-0.05, 0) is 56.7 Å². The van der Waals surface area contributed by atoms with Gasteiger partial charge in [-0.3, -0.25) is 14.3 Å². The molecule has 6 heteroatoms. The fourth-order valence-electron chi connectivity index (χ4n) is 5.21. The van der Waals surface area contributed by atoms with E-state index < -0.39 is 5.54 Å². The fraction of sp³-hybridized carbons (Fsp3) is 0.577. The second-order valence-corrected chi connectivity index (χ2v) is 10.1. The van der Waals surface area contributed by atoms with Gasteiger partial charge in [0, 0.05) is 18.5 Å². The van der Waals surface area contributed by atoms with Crippen LogP contribution < -0.4 is 5.32 Å². The molecule has 1 atom stereocenters. The predicted molar refractivity (Wildman–Crippen MR) is 123 cm³/mol. The Labute approximate surface area is 190 Å². The van der Waals surface area contributed by atoms with Crippen molar-refractivity contribution in [1.29, 1.82) is 0 Å². The highest BCUT2D eigenvalue weighted by Gasteiger charge is 2.49.